The molecule has 1 saturated heterocycles. The van der Waals surface area contributed by atoms with Gasteiger partial charge in [-0.25, -0.2) is 0 Å². The fraction of sp³-hybridized carbons (Fsp3) is 0.571. The molecule has 10 heavy (non-hydrogen) atoms. The number of allylic oxidation sites excluding steroid dienone is 1. The van der Waals surface area contributed by atoms with E-state index in [4.69, 9.17) is 12.2 Å². The van der Waals surface area contributed by atoms with Crippen molar-refractivity contribution in [2.75, 3.05) is 5.75 Å². The second kappa shape index (κ2) is 3.98. The number of nitrogens with one attached hydrogen (secondary N) is 1. The van der Waals surface area contributed by atoms with Crippen LogP contribution in [-0.4, -0.2) is 10.1 Å². The van der Waals surface area contributed by atoms with Crippen LogP contribution >= 0.6 is 24.0 Å². The summed E-state index contributed by atoms with van der Waals surface area (Å²) in [6.07, 6.45) is 4.60. The first kappa shape index (κ1) is 8.08. The van der Waals surface area contributed by atoms with Crippen molar-refractivity contribution >= 4 is 28.3 Å². The number of thioether (sulfide) groups is 1. The number of rotatable bonds is 2. The molecule has 1 aliphatic rings. The minimum atomic E-state index is 0.919. The van der Waals surface area contributed by atoms with Crippen molar-refractivity contribution in [1.29, 1.82) is 0 Å². The van der Waals surface area contributed by atoms with Gasteiger partial charge in [-0.2, -0.15) is 0 Å². The van der Waals surface area contributed by atoms with Gasteiger partial charge in [0.05, 0.1) is 0 Å². The topological polar surface area (TPSA) is 12.0 Å². The summed E-state index contributed by atoms with van der Waals surface area (Å²) in [6, 6.07) is 0. The van der Waals surface area contributed by atoms with Crippen molar-refractivity contribution in [3.8, 4) is 0 Å². The summed E-state index contributed by atoms with van der Waals surface area (Å²) in [5.41, 5.74) is 1.29. The molecule has 0 amide bonds. The first-order valence-electron chi connectivity index (χ1n) is 3.45. The van der Waals surface area contributed by atoms with Crippen molar-refractivity contribution in [1.82, 2.24) is 5.32 Å². The smallest absolute Gasteiger partial charge is 0.138 e. The third-order valence-corrected chi connectivity index (χ3v) is 2.58. The van der Waals surface area contributed by atoms with Gasteiger partial charge >= 0.3 is 0 Å². The molecule has 56 valence electrons. The molecule has 1 aliphatic heterocycles. The molecule has 0 bridgehead atoms. The second-order valence-corrected chi connectivity index (χ2v) is 3.87. The lowest BCUT2D eigenvalue weighted by atomic mass is 10.3. The SMILES string of the molecule is CCC/C=C1\CSC(=S)N1. The zero-order valence-electron chi connectivity index (χ0n) is 6.02. The monoisotopic (exact) mass is 173 g/mol. The Kier molecular flexibility index (Phi) is 3.22. The van der Waals surface area contributed by atoms with Gasteiger partial charge in [0.25, 0.3) is 0 Å². The third-order valence-electron chi connectivity index (χ3n) is 1.30. The molecule has 1 nitrogen and oxygen atoms in total. The Bertz CT molecular complexity index is 163. The number of hydrogen-bond donors (Lipinski definition) is 1. The maximum absolute atomic E-state index is 4.96. The minimum Gasteiger partial charge on any atom is -0.344 e. The highest BCUT2D eigenvalue weighted by Gasteiger charge is 2.09. The van der Waals surface area contributed by atoms with Gasteiger partial charge in [-0.05, 0) is 6.42 Å². The van der Waals surface area contributed by atoms with E-state index in [1.54, 1.807) is 11.8 Å². The molecule has 1 heterocycles. The molecule has 0 spiro atoms. The van der Waals surface area contributed by atoms with Gasteiger partial charge in [0, 0.05) is 11.4 Å². The molecule has 1 fully saturated rings. The fourth-order valence-corrected chi connectivity index (χ4v) is 1.76. The van der Waals surface area contributed by atoms with Crippen LogP contribution < -0.4 is 5.32 Å². The normalized spacial score (nSPS) is 21.7. The molecule has 3 heteroatoms. The van der Waals surface area contributed by atoms with Crippen LogP contribution in [0, 0.1) is 0 Å². The molecule has 0 aromatic rings. The molecule has 1 N–H and O–H groups in total. The lowest BCUT2D eigenvalue weighted by molar-refractivity contribution is 0.939. The number of hydrogen-bond acceptors (Lipinski definition) is 2. The predicted octanol–water partition coefficient (Wildman–Crippen LogP) is 2.29. The molecule has 0 atom stereocenters. The average molecular weight is 173 g/mol. The molecule has 0 aromatic carbocycles. The second-order valence-electron chi connectivity index (χ2n) is 2.22. The molecule has 0 unspecified atom stereocenters. The van der Waals surface area contributed by atoms with E-state index in [9.17, 15) is 0 Å². The third kappa shape index (κ3) is 2.31. The number of thiocarbonyl (C=S) groups is 1. The summed E-state index contributed by atoms with van der Waals surface area (Å²) < 4.78 is 0.919. The van der Waals surface area contributed by atoms with Gasteiger partial charge in [0.1, 0.15) is 4.32 Å². The fourth-order valence-electron chi connectivity index (χ4n) is 0.775. The van der Waals surface area contributed by atoms with Crippen LogP contribution in [0.2, 0.25) is 0 Å². The highest BCUT2D eigenvalue weighted by atomic mass is 32.2. The standard InChI is InChI=1S/C7H11NS2/c1-2-3-4-6-5-10-7(9)8-6/h4H,2-3,5H2,1H3,(H,8,9)/b6-4+. The Morgan fingerprint density at radius 3 is 3.10 bits per heavy atom. The first-order valence-corrected chi connectivity index (χ1v) is 4.85. The van der Waals surface area contributed by atoms with Crippen LogP contribution in [0.1, 0.15) is 19.8 Å². The Balaban J connectivity index is 2.36. The molecule has 0 aliphatic carbocycles. The summed E-state index contributed by atoms with van der Waals surface area (Å²) in [5.74, 6) is 1.04. The Labute approximate surface area is 71.3 Å². The average Bonchev–Trinajstić information content (AvgIpc) is 2.31. The Morgan fingerprint density at radius 2 is 2.60 bits per heavy atom. The Hall–Kier alpha value is -0.0200. The lowest BCUT2D eigenvalue weighted by Crippen LogP contribution is -2.08. The van der Waals surface area contributed by atoms with Crippen molar-refractivity contribution in [2.45, 2.75) is 19.8 Å². The molecule has 0 radical (unpaired) electrons. The van der Waals surface area contributed by atoms with E-state index in [1.165, 1.54) is 12.1 Å². The van der Waals surface area contributed by atoms with E-state index in [-0.39, 0.29) is 0 Å². The predicted molar refractivity (Wildman–Crippen MR) is 51.2 cm³/mol. The highest BCUT2D eigenvalue weighted by molar-refractivity contribution is 8.23. The van der Waals surface area contributed by atoms with Gasteiger partial charge in [0.2, 0.25) is 0 Å². The molecule has 0 saturated carbocycles. The van der Waals surface area contributed by atoms with E-state index in [2.05, 4.69) is 18.3 Å². The maximum atomic E-state index is 4.96. The van der Waals surface area contributed by atoms with E-state index in [0.717, 1.165) is 16.5 Å². The van der Waals surface area contributed by atoms with Crippen LogP contribution in [0.15, 0.2) is 11.8 Å². The molecular formula is C7H11NS2. The number of unbranched alkanes of at least 4 members (excludes halogenated alkanes) is 1. The lowest BCUT2D eigenvalue weighted by Gasteiger charge is -1.94. The molecular weight excluding hydrogens is 162 g/mol. The summed E-state index contributed by atoms with van der Waals surface area (Å²) in [4.78, 5) is 0. The largest absolute Gasteiger partial charge is 0.344 e. The van der Waals surface area contributed by atoms with Crippen molar-refractivity contribution < 1.29 is 0 Å². The van der Waals surface area contributed by atoms with Gasteiger partial charge in [-0.15, -0.1) is 0 Å². The zero-order valence-corrected chi connectivity index (χ0v) is 7.65. The van der Waals surface area contributed by atoms with Crippen molar-refractivity contribution in [3.63, 3.8) is 0 Å². The van der Waals surface area contributed by atoms with Crippen LogP contribution in [0.25, 0.3) is 0 Å². The highest BCUT2D eigenvalue weighted by Crippen LogP contribution is 2.16. The summed E-state index contributed by atoms with van der Waals surface area (Å²) in [6.45, 7) is 2.18. The van der Waals surface area contributed by atoms with E-state index < -0.39 is 0 Å². The first-order chi connectivity index (χ1) is 4.83. The van der Waals surface area contributed by atoms with Crippen LogP contribution in [0.5, 0.6) is 0 Å². The minimum absolute atomic E-state index is 0.919. The zero-order chi connectivity index (χ0) is 7.40. The van der Waals surface area contributed by atoms with E-state index in [1.807, 2.05) is 0 Å². The van der Waals surface area contributed by atoms with Crippen molar-refractivity contribution in [2.24, 2.45) is 0 Å². The quantitative estimate of drug-likeness (QED) is 0.643. The van der Waals surface area contributed by atoms with E-state index >= 15 is 0 Å². The van der Waals surface area contributed by atoms with Crippen LogP contribution in [0.3, 0.4) is 0 Å². The maximum Gasteiger partial charge on any atom is 0.138 e. The molecule has 0 aromatic heterocycles. The van der Waals surface area contributed by atoms with Gasteiger partial charge in [-0.1, -0.05) is 43.4 Å². The van der Waals surface area contributed by atoms with Gasteiger partial charge < -0.3 is 5.32 Å². The van der Waals surface area contributed by atoms with Crippen LogP contribution in [0.4, 0.5) is 0 Å². The summed E-state index contributed by atoms with van der Waals surface area (Å²) in [7, 11) is 0. The van der Waals surface area contributed by atoms with Crippen molar-refractivity contribution in [3.05, 3.63) is 11.8 Å². The Morgan fingerprint density at radius 1 is 1.80 bits per heavy atom. The van der Waals surface area contributed by atoms with Gasteiger partial charge in [-0.3, -0.25) is 0 Å². The summed E-state index contributed by atoms with van der Waals surface area (Å²) in [5, 5.41) is 3.14. The molecule has 1 rings (SSSR count). The van der Waals surface area contributed by atoms with Crippen LogP contribution in [-0.2, 0) is 0 Å². The van der Waals surface area contributed by atoms with E-state index in [0.29, 0.717) is 0 Å². The summed E-state index contributed by atoms with van der Waals surface area (Å²) >= 11 is 6.67. The van der Waals surface area contributed by atoms with Gasteiger partial charge in [0.15, 0.2) is 0 Å².